The lowest BCUT2D eigenvalue weighted by Crippen LogP contribution is -2.34. The highest BCUT2D eigenvalue weighted by atomic mass is 19.1. The topological polar surface area (TPSA) is 47.3 Å². The summed E-state index contributed by atoms with van der Waals surface area (Å²) < 4.78 is 26.9. The second-order valence-electron chi connectivity index (χ2n) is 4.69. The quantitative estimate of drug-likeness (QED) is 0.833. The number of benzene rings is 1. The largest absolute Gasteiger partial charge is 0.317 e. The number of rotatable bonds is 3. The van der Waals surface area contributed by atoms with Gasteiger partial charge in [-0.25, -0.2) is 8.78 Å². The van der Waals surface area contributed by atoms with Crippen molar-refractivity contribution >= 4 is 5.91 Å². The fourth-order valence-corrected chi connectivity index (χ4v) is 2.14. The first-order valence-electron chi connectivity index (χ1n) is 5.80. The number of likely N-dealkylation sites (N-methyl/N-ethyl adjacent to an activating group) is 1. The molecule has 1 unspecified atom stereocenters. The zero-order chi connectivity index (χ0) is 14.2. The van der Waals surface area contributed by atoms with E-state index in [1.165, 1.54) is 4.90 Å². The fourth-order valence-electron chi connectivity index (χ4n) is 2.14. The van der Waals surface area contributed by atoms with Crippen molar-refractivity contribution in [3.8, 4) is 6.07 Å². The van der Waals surface area contributed by atoms with E-state index in [2.05, 4.69) is 0 Å². The highest BCUT2D eigenvalue weighted by Gasteiger charge is 2.39. The SMILES string of the molecule is CN(C)CCN1C(=O)c2c(F)cc(F)cc2C1C#N. The number of nitrogens with zero attached hydrogens (tertiary/aromatic N) is 3. The highest BCUT2D eigenvalue weighted by Crippen LogP contribution is 2.35. The third kappa shape index (κ3) is 2.29. The van der Waals surface area contributed by atoms with Crippen molar-refractivity contribution in [3.63, 3.8) is 0 Å². The molecule has 1 aliphatic rings. The second-order valence-corrected chi connectivity index (χ2v) is 4.69. The molecule has 19 heavy (non-hydrogen) atoms. The van der Waals surface area contributed by atoms with Crippen molar-refractivity contribution in [2.24, 2.45) is 0 Å². The second kappa shape index (κ2) is 4.94. The van der Waals surface area contributed by atoms with Gasteiger partial charge in [0.2, 0.25) is 0 Å². The van der Waals surface area contributed by atoms with E-state index in [0.29, 0.717) is 19.2 Å². The van der Waals surface area contributed by atoms with Crippen molar-refractivity contribution < 1.29 is 13.6 Å². The molecular formula is C13H13F2N3O. The molecule has 4 nitrogen and oxygen atoms in total. The van der Waals surface area contributed by atoms with Crippen LogP contribution in [0.4, 0.5) is 8.78 Å². The van der Waals surface area contributed by atoms with Crippen LogP contribution >= 0.6 is 0 Å². The Bertz CT molecular complexity index is 566. The Hall–Kier alpha value is -2.00. The van der Waals surface area contributed by atoms with Crippen LogP contribution in [0.2, 0.25) is 0 Å². The van der Waals surface area contributed by atoms with Crippen molar-refractivity contribution in [1.29, 1.82) is 5.26 Å². The lowest BCUT2D eigenvalue weighted by molar-refractivity contribution is 0.0743. The molecule has 1 atom stereocenters. The van der Waals surface area contributed by atoms with Crippen LogP contribution in [0.15, 0.2) is 12.1 Å². The molecule has 0 saturated carbocycles. The summed E-state index contributed by atoms with van der Waals surface area (Å²) in [7, 11) is 3.66. The third-order valence-electron chi connectivity index (χ3n) is 3.08. The molecule has 2 rings (SSSR count). The Morgan fingerprint density at radius 3 is 2.68 bits per heavy atom. The van der Waals surface area contributed by atoms with E-state index in [-0.39, 0.29) is 11.1 Å². The van der Waals surface area contributed by atoms with Crippen LogP contribution < -0.4 is 0 Å². The molecule has 0 saturated heterocycles. The van der Waals surface area contributed by atoms with Gasteiger partial charge in [0, 0.05) is 24.7 Å². The van der Waals surface area contributed by atoms with Gasteiger partial charge in [0.05, 0.1) is 11.6 Å². The van der Waals surface area contributed by atoms with Crippen molar-refractivity contribution in [2.45, 2.75) is 6.04 Å². The molecule has 0 bridgehead atoms. The molecule has 0 radical (unpaired) electrons. The molecule has 100 valence electrons. The Morgan fingerprint density at radius 2 is 2.11 bits per heavy atom. The Balaban J connectivity index is 2.40. The number of halogens is 2. The molecule has 0 aliphatic carbocycles. The summed E-state index contributed by atoms with van der Waals surface area (Å²) in [6.45, 7) is 0.835. The van der Waals surface area contributed by atoms with Crippen LogP contribution in [0.3, 0.4) is 0 Å². The van der Waals surface area contributed by atoms with E-state index in [4.69, 9.17) is 5.26 Å². The van der Waals surface area contributed by atoms with Gasteiger partial charge in [-0.1, -0.05) is 0 Å². The van der Waals surface area contributed by atoms with E-state index in [1.807, 2.05) is 25.1 Å². The average molecular weight is 265 g/mol. The number of fused-ring (bicyclic) bond motifs is 1. The zero-order valence-electron chi connectivity index (χ0n) is 10.7. The molecule has 1 aromatic rings. The average Bonchev–Trinajstić information content (AvgIpc) is 2.58. The van der Waals surface area contributed by atoms with E-state index in [1.54, 1.807) is 0 Å². The van der Waals surface area contributed by atoms with Crippen LogP contribution in [0.5, 0.6) is 0 Å². The fraction of sp³-hybridized carbons (Fsp3) is 0.385. The summed E-state index contributed by atoms with van der Waals surface area (Å²) >= 11 is 0. The Labute approximate surface area is 109 Å². The molecule has 0 fully saturated rings. The first kappa shape index (κ1) is 13.4. The number of carbonyl (C=O) groups is 1. The first-order chi connectivity index (χ1) is 8.95. The van der Waals surface area contributed by atoms with Gasteiger partial charge in [0.15, 0.2) is 0 Å². The number of carbonyl (C=O) groups excluding carboxylic acids is 1. The van der Waals surface area contributed by atoms with E-state index in [9.17, 15) is 13.6 Å². The predicted octanol–water partition coefficient (Wildman–Crippen LogP) is 1.55. The summed E-state index contributed by atoms with van der Waals surface area (Å²) in [4.78, 5) is 15.2. The number of nitriles is 1. The van der Waals surface area contributed by atoms with Crippen molar-refractivity contribution in [3.05, 3.63) is 34.9 Å². The molecule has 6 heteroatoms. The number of hydrogen-bond donors (Lipinski definition) is 0. The Morgan fingerprint density at radius 1 is 1.42 bits per heavy atom. The summed E-state index contributed by atoms with van der Waals surface area (Å²) in [6, 6.07) is 2.73. The predicted molar refractivity (Wildman–Crippen MR) is 64.3 cm³/mol. The van der Waals surface area contributed by atoms with Gasteiger partial charge < -0.3 is 9.80 Å². The monoisotopic (exact) mass is 265 g/mol. The van der Waals surface area contributed by atoms with Gasteiger partial charge in [-0.05, 0) is 20.2 Å². The van der Waals surface area contributed by atoms with Gasteiger partial charge in [-0.2, -0.15) is 5.26 Å². The van der Waals surface area contributed by atoms with Crippen molar-refractivity contribution in [1.82, 2.24) is 9.80 Å². The van der Waals surface area contributed by atoms with Crippen LogP contribution in [-0.2, 0) is 0 Å². The summed E-state index contributed by atoms with van der Waals surface area (Å²) in [5.41, 5.74) is -0.0736. The van der Waals surface area contributed by atoms with E-state index >= 15 is 0 Å². The third-order valence-corrected chi connectivity index (χ3v) is 3.08. The minimum Gasteiger partial charge on any atom is -0.317 e. The summed E-state index contributed by atoms with van der Waals surface area (Å²) in [5, 5.41) is 9.15. The lowest BCUT2D eigenvalue weighted by Gasteiger charge is -2.21. The lowest BCUT2D eigenvalue weighted by atomic mass is 10.0. The van der Waals surface area contributed by atoms with E-state index in [0.717, 1.165) is 6.07 Å². The smallest absolute Gasteiger partial charge is 0.258 e. The molecular weight excluding hydrogens is 252 g/mol. The van der Waals surface area contributed by atoms with Gasteiger partial charge in [0.1, 0.15) is 17.7 Å². The summed E-state index contributed by atoms with van der Waals surface area (Å²) in [5.74, 6) is -2.24. The standard InChI is InChI=1S/C13H13F2N3O/c1-17(2)3-4-18-11(7-16)9-5-8(14)6-10(15)12(9)13(18)19/h5-6,11H,3-4H2,1-2H3. The normalized spacial score (nSPS) is 17.8. The maximum Gasteiger partial charge on any atom is 0.258 e. The molecule has 1 aliphatic heterocycles. The van der Waals surface area contributed by atoms with Crippen LogP contribution in [0.1, 0.15) is 22.0 Å². The molecule has 1 aromatic carbocycles. The Kier molecular flexibility index (Phi) is 3.49. The molecule has 0 aromatic heterocycles. The zero-order valence-corrected chi connectivity index (χ0v) is 10.7. The molecule has 0 spiro atoms. The minimum absolute atomic E-state index is 0.115. The highest BCUT2D eigenvalue weighted by molar-refractivity contribution is 6.00. The van der Waals surface area contributed by atoms with Crippen LogP contribution in [0, 0.1) is 23.0 Å². The minimum atomic E-state index is -0.923. The van der Waals surface area contributed by atoms with Gasteiger partial charge in [-0.3, -0.25) is 4.79 Å². The first-order valence-corrected chi connectivity index (χ1v) is 5.80. The van der Waals surface area contributed by atoms with Gasteiger partial charge >= 0.3 is 0 Å². The number of amides is 1. The van der Waals surface area contributed by atoms with Crippen LogP contribution in [0.25, 0.3) is 0 Å². The maximum absolute atomic E-state index is 13.7. The van der Waals surface area contributed by atoms with Crippen LogP contribution in [-0.4, -0.2) is 42.9 Å². The maximum atomic E-state index is 13.7. The molecule has 1 heterocycles. The van der Waals surface area contributed by atoms with E-state index < -0.39 is 23.6 Å². The molecule has 1 amide bonds. The van der Waals surface area contributed by atoms with Gasteiger partial charge in [-0.15, -0.1) is 0 Å². The molecule has 0 N–H and O–H groups in total. The number of hydrogen-bond acceptors (Lipinski definition) is 3. The van der Waals surface area contributed by atoms with Crippen molar-refractivity contribution in [2.75, 3.05) is 27.2 Å². The summed E-state index contributed by atoms with van der Waals surface area (Å²) in [6.07, 6.45) is 0. The van der Waals surface area contributed by atoms with Gasteiger partial charge in [0.25, 0.3) is 5.91 Å².